The molecule has 0 saturated heterocycles. The van der Waals surface area contributed by atoms with Crippen molar-refractivity contribution < 1.29 is 4.79 Å². The molecule has 2 N–H and O–H groups in total. The van der Waals surface area contributed by atoms with Gasteiger partial charge in [0.25, 0.3) is 5.91 Å². The Morgan fingerprint density at radius 1 is 1.04 bits per heavy atom. The van der Waals surface area contributed by atoms with Gasteiger partial charge in [-0.15, -0.1) is 0 Å². The van der Waals surface area contributed by atoms with Gasteiger partial charge in [-0.3, -0.25) is 9.78 Å². The topological polar surface area (TPSA) is 54.0 Å². The monoisotopic (exact) mass is 337 g/mol. The molecule has 1 amide bonds. The number of pyridine rings is 1. The number of carbonyl (C=O) groups is 1. The Kier molecular flexibility index (Phi) is 4.77. The van der Waals surface area contributed by atoms with Crippen LogP contribution < -0.4 is 10.6 Å². The number of hydrogen-bond donors (Lipinski definition) is 2. The van der Waals surface area contributed by atoms with Crippen molar-refractivity contribution in [1.29, 1.82) is 0 Å². The zero-order valence-electron chi connectivity index (χ0n) is 13.1. The number of anilines is 2. The molecule has 5 heteroatoms. The average Bonchev–Trinajstić information content (AvgIpc) is 2.62. The number of benzene rings is 2. The van der Waals surface area contributed by atoms with E-state index in [0.29, 0.717) is 22.0 Å². The van der Waals surface area contributed by atoms with Gasteiger partial charge in [-0.05, 0) is 36.4 Å². The number of carbonyl (C=O) groups excluding carboxylic acids is 1. The number of aromatic nitrogens is 1. The molecular weight excluding hydrogens is 322 g/mol. The second kappa shape index (κ2) is 7.15. The Labute approximate surface area is 145 Å². The van der Waals surface area contributed by atoms with E-state index in [1.807, 2.05) is 42.5 Å². The molecule has 3 aromatic rings. The summed E-state index contributed by atoms with van der Waals surface area (Å²) >= 11 is 6.20. The molecule has 0 aliphatic carbocycles. The minimum Gasteiger partial charge on any atom is -0.387 e. The van der Waals surface area contributed by atoms with Gasteiger partial charge >= 0.3 is 0 Å². The van der Waals surface area contributed by atoms with Gasteiger partial charge in [-0.1, -0.05) is 35.9 Å². The molecule has 0 radical (unpaired) electrons. The predicted molar refractivity (Wildman–Crippen MR) is 98.6 cm³/mol. The minimum absolute atomic E-state index is 0.177. The van der Waals surface area contributed by atoms with E-state index in [1.165, 1.54) is 0 Å². The van der Waals surface area contributed by atoms with Gasteiger partial charge in [0.15, 0.2) is 0 Å². The summed E-state index contributed by atoms with van der Waals surface area (Å²) in [5.74, 6) is -0.177. The molecule has 0 saturated carbocycles. The summed E-state index contributed by atoms with van der Waals surface area (Å²) < 4.78 is 0. The lowest BCUT2D eigenvalue weighted by atomic mass is 10.1. The second-order valence-corrected chi connectivity index (χ2v) is 5.57. The van der Waals surface area contributed by atoms with Crippen LogP contribution in [0.15, 0.2) is 66.9 Å². The van der Waals surface area contributed by atoms with Crippen LogP contribution in [0.2, 0.25) is 5.02 Å². The van der Waals surface area contributed by atoms with Crippen LogP contribution >= 0.6 is 11.6 Å². The number of hydrogen-bond acceptors (Lipinski definition) is 3. The van der Waals surface area contributed by atoms with Crippen LogP contribution in [0.3, 0.4) is 0 Å². The summed E-state index contributed by atoms with van der Waals surface area (Å²) in [5, 5.41) is 6.51. The molecule has 4 nitrogen and oxygen atoms in total. The fourth-order valence-electron chi connectivity index (χ4n) is 2.41. The maximum atomic E-state index is 12.5. The number of para-hydroxylation sites is 1. The lowest BCUT2D eigenvalue weighted by Gasteiger charge is -2.12. The molecule has 24 heavy (non-hydrogen) atoms. The van der Waals surface area contributed by atoms with Crippen LogP contribution in [0.4, 0.5) is 11.4 Å². The van der Waals surface area contributed by atoms with Crippen molar-refractivity contribution in [3.05, 3.63) is 77.4 Å². The van der Waals surface area contributed by atoms with Gasteiger partial charge in [-0.2, -0.15) is 0 Å². The van der Waals surface area contributed by atoms with Crippen molar-refractivity contribution in [2.45, 2.75) is 0 Å². The average molecular weight is 338 g/mol. The van der Waals surface area contributed by atoms with Gasteiger partial charge in [0.1, 0.15) is 0 Å². The van der Waals surface area contributed by atoms with Crippen molar-refractivity contribution in [3.63, 3.8) is 0 Å². The van der Waals surface area contributed by atoms with Gasteiger partial charge < -0.3 is 10.6 Å². The smallest absolute Gasteiger partial charge is 0.257 e. The van der Waals surface area contributed by atoms with Crippen molar-refractivity contribution in [3.8, 4) is 11.3 Å². The molecule has 0 bridgehead atoms. The van der Waals surface area contributed by atoms with Crippen molar-refractivity contribution in [2.75, 3.05) is 17.7 Å². The number of halogens is 1. The largest absolute Gasteiger partial charge is 0.387 e. The molecule has 120 valence electrons. The van der Waals surface area contributed by atoms with Crippen LogP contribution in [-0.2, 0) is 0 Å². The lowest BCUT2D eigenvalue weighted by Crippen LogP contribution is -2.14. The highest BCUT2D eigenvalue weighted by atomic mass is 35.5. The third kappa shape index (κ3) is 3.39. The summed E-state index contributed by atoms with van der Waals surface area (Å²) in [6.45, 7) is 0. The predicted octanol–water partition coefficient (Wildman–Crippen LogP) is 4.70. The first-order valence-electron chi connectivity index (χ1n) is 7.48. The Bertz CT molecular complexity index is 865. The van der Waals surface area contributed by atoms with Crippen LogP contribution in [0, 0.1) is 0 Å². The zero-order valence-corrected chi connectivity index (χ0v) is 13.8. The molecule has 0 aliphatic heterocycles. The Morgan fingerprint density at radius 2 is 1.83 bits per heavy atom. The first kappa shape index (κ1) is 16.0. The van der Waals surface area contributed by atoms with E-state index >= 15 is 0 Å². The maximum Gasteiger partial charge on any atom is 0.257 e. The van der Waals surface area contributed by atoms with E-state index in [0.717, 1.165) is 11.3 Å². The standard InChI is InChI=1S/C19H16ClN3O/c1-21-17-12-13(18-16(20)8-5-11-22-18)9-10-15(17)19(24)23-14-6-3-2-4-7-14/h2-12,21H,1H3,(H,23,24). The molecule has 0 aliphatic rings. The molecule has 1 aromatic heterocycles. The van der Waals surface area contributed by atoms with Crippen LogP contribution in [0.25, 0.3) is 11.3 Å². The van der Waals surface area contributed by atoms with E-state index in [1.54, 1.807) is 31.4 Å². The third-order valence-electron chi connectivity index (χ3n) is 3.60. The Morgan fingerprint density at radius 3 is 2.54 bits per heavy atom. The maximum absolute atomic E-state index is 12.5. The molecule has 3 rings (SSSR count). The second-order valence-electron chi connectivity index (χ2n) is 5.16. The van der Waals surface area contributed by atoms with Gasteiger partial charge in [-0.25, -0.2) is 0 Å². The highest BCUT2D eigenvalue weighted by Crippen LogP contribution is 2.29. The molecule has 0 atom stereocenters. The minimum atomic E-state index is -0.177. The number of amides is 1. The van der Waals surface area contributed by atoms with E-state index in [2.05, 4.69) is 15.6 Å². The molecule has 1 heterocycles. The third-order valence-corrected chi connectivity index (χ3v) is 3.90. The normalized spacial score (nSPS) is 10.2. The molecule has 0 fully saturated rings. The lowest BCUT2D eigenvalue weighted by molar-refractivity contribution is 0.102. The number of rotatable bonds is 4. The first-order chi connectivity index (χ1) is 11.7. The highest BCUT2D eigenvalue weighted by Gasteiger charge is 2.13. The van der Waals surface area contributed by atoms with Crippen LogP contribution in [0.1, 0.15) is 10.4 Å². The molecular formula is C19H16ClN3O. The van der Waals surface area contributed by atoms with E-state index in [4.69, 9.17) is 11.6 Å². The Hall–Kier alpha value is -2.85. The highest BCUT2D eigenvalue weighted by molar-refractivity contribution is 6.33. The zero-order chi connectivity index (χ0) is 16.9. The van der Waals surface area contributed by atoms with Crippen LogP contribution in [0.5, 0.6) is 0 Å². The fraction of sp³-hybridized carbons (Fsp3) is 0.0526. The van der Waals surface area contributed by atoms with Crippen molar-refractivity contribution >= 4 is 28.9 Å². The van der Waals surface area contributed by atoms with E-state index < -0.39 is 0 Å². The number of nitrogens with zero attached hydrogens (tertiary/aromatic N) is 1. The molecule has 0 spiro atoms. The summed E-state index contributed by atoms with van der Waals surface area (Å²) in [7, 11) is 1.78. The summed E-state index contributed by atoms with van der Waals surface area (Å²) in [6.07, 6.45) is 1.69. The SMILES string of the molecule is CNc1cc(-c2ncccc2Cl)ccc1C(=O)Nc1ccccc1. The van der Waals surface area contributed by atoms with Crippen molar-refractivity contribution in [2.24, 2.45) is 0 Å². The van der Waals surface area contributed by atoms with Gasteiger partial charge in [0.2, 0.25) is 0 Å². The summed E-state index contributed by atoms with van der Waals surface area (Å²) in [4.78, 5) is 16.8. The quantitative estimate of drug-likeness (QED) is 0.725. The van der Waals surface area contributed by atoms with Crippen molar-refractivity contribution in [1.82, 2.24) is 4.98 Å². The fourth-order valence-corrected chi connectivity index (χ4v) is 2.65. The summed E-state index contributed by atoms with van der Waals surface area (Å²) in [5.41, 5.74) is 3.55. The van der Waals surface area contributed by atoms with Gasteiger partial charge in [0, 0.05) is 30.2 Å². The van der Waals surface area contributed by atoms with Gasteiger partial charge in [0.05, 0.1) is 16.3 Å². The first-order valence-corrected chi connectivity index (χ1v) is 7.86. The van der Waals surface area contributed by atoms with Crippen LogP contribution in [-0.4, -0.2) is 17.9 Å². The number of nitrogens with one attached hydrogen (secondary N) is 2. The van der Waals surface area contributed by atoms with E-state index in [9.17, 15) is 4.79 Å². The molecule has 2 aromatic carbocycles. The summed E-state index contributed by atoms with van der Waals surface area (Å²) in [6, 6.07) is 18.4. The Balaban J connectivity index is 1.92. The molecule has 0 unspecified atom stereocenters. The van der Waals surface area contributed by atoms with E-state index in [-0.39, 0.29) is 5.91 Å².